The van der Waals surface area contributed by atoms with E-state index < -0.39 is 18.0 Å². The number of methoxy groups -OCH3 is 1. The predicted octanol–water partition coefficient (Wildman–Crippen LogP) is 1.27. The Hall–Kier alpha value is -2.22. The average molecular weight is 339 g/mol. The third-order valence-electron chi connectivity index (χ3n) is 4.46. The van der Waals surface area contributed by atoms with Crippen LogP contribution in [-0.4, -0.2) is 36.6 Å². The average Bonchev–Trinajstić information content (AvgIpc) is 2.55. The predicted molar refractivity (Wildman–Crippen MR) is 85.8 cm³/mol. The zero-order valence-electron chi connectivity index (χ0n) is 13.5. The second-order valence-electron chi connectivity index (χ2n) is 6.02. The highest BCUT2D eigenvalue weighted by molar-refractivity contribution is 5.79. The summed E-state index contributed by atoms with van der Waals surface area (Å²) in [5.41, 5.74) is 6.39. The van der Waals surface area contributed by atoms with Gasteiger partial charge in [-0.25, -0.2) is 4.39 Å². The van der Waals surface area contributed by atoms with Crippen LogP contribution in [0.25, 0.3) is 0 Å². The number of hydrogen-bond donors (Lipinski definition) is 2. The van der Waals surface area contributed by atoms with E-state index in [1.165, 1.54) is 13.2 Å². The lowest BCUT2D eigenvalue weighted by atomic mass is 9.82. The van der Waals surface area contributed by atoms with E-state index in [4.69, 9.17) is 10.5 Å². The summed E-state index contributed by atoms with van der Waals surface area (Å²) < 4.78 is 18.8. The maximum absolute atomic E-state index is 13.8. The van der Waals surface area contributed by atoms with Gasteiger partial charge in [0.15, 0.2) is 0 Å². The summed E-state index contributed by atoms with van der Waals surface area (Å²) in [7, 11) is 1.46. The summed E-state index contributed by atoms with van der Waals surface area (Å²) in [6.07, 6.45) is 1.31. The van der Waals surface area contributed by atoms with Crippen LogP contribution in [0.2, 0.25) is 0 Å². The lowest BCUT2D eigenvalue weighted by Crippen LogP contribution is -2.48. The Morgan fingerprint density at radius 3 is 2.83 bits per heavy atom. The molecule has 7 nitrogen and oxygen atoms in total. The number of nitrogens with one attached hydrogen (secondary N) is 1. The summed E-state index contributed by atoms with van der Waals surface area (Å²) in [6.45, 7) is 0.282. The second-order valence-corrected chi connectivity index (χ2v) is 6.02. The van der Waals surface area contributed by atoms with Crippen LogP contribution in [0.5, 0.6) is 5.75 Å². The largest absolute Gasteiger partial charge is 0.497 e. The summed E-state index contributed by atoms with van der Waals surface area (Å²) in [6, 6.07) is 3.39. The van der Waals surface area contributed by atoms with Gasteiger partial charge in [0, 0.05) is 36.4 Å². The first-order valence-corrected chi connectivity index (χ1v) is 7.91. The molecule has 3 unspecified atom stereocenters. The molecule has 1 aromatic rings. The number of carbonyl (C=O) groups excluding carboxylic acids is 1. The maximum atomic E-state index is 13.8. The number of nitrogens with two attached hydrogens (primary N) is 1. The number of nitro groups is 1. The van der Waals surface area contributed by atoms with Gasteiger partial charge in [-0.1, -0.05) is 6.07 Å². The maximum Gasteiger partial charge on any atom is 0.224 e. The molecule has 3 N–H and O–H groups in total. The molecule has 8 heteroatoms. The summed E-state index contributed by atoms with van der Waals surface area (Å²) >= 11 is 0. The zero-order valence-corrected chi connectivity index (χ0v) is 13.5. The standard InChI is InChI=1S/C16H22FN3O4/c1-24-12-4-2-10(14(17)9-12)6-7-19-16(21)13-5-3-11(20(22)23)8-15(13)18/h2,4,9,11,13,15H,3,5-8,18H2,1H3,(H,19,21). The van der Waals surface area contributed by atoms with Crippen LogP contribution < -0.4 is 15.8 Å². The van der Waals surface area contributed by atoms with Crippen molar-refractivity contribution in [3.8, 4) is 5.75 Å². The second kappa shape index (κ2) is 8.05. The van der Waals surface area contributed by atoms with Gasteiger partial charge in [0.1, 0.15) is 11.6 Å². The Labute approximate surface area is 139 Å². The SMILES string of the molecule is COc1ccc(CCNC(=O)C2CCC([N+](=O)[O-])CC2N)c(F)c1. The van der Waals surface area contributed by atoms with E-state index in [0.717, 1.165) is 0 Å². The van der Waals surface area contributed by atoms with Crippen LogP contribution in [-0.2, 0) is 11.2 Å². The first kappa shape index (κ1) is 18.1. The first-order valence-electron chi connectivity index (χ1n) is 7.91. The van der Waals surface area contributed by atoms with Crippen LogP contribution in [0.4, 0.5) is 4.39 Å². The number of hydrogen-bond acceptors (Lipinski definition) is 5. The molecule has 0 aromatic heterocycles. The highest BCUT2D eigenvalue weighted by Crippen LogP contribution is 2.25. The fourth-order valence-electron chi connectivity index (χ4n) is 3.01. The van der Waals surface area contributed by atoms with E-state index in [0.29, 0.717) is 30.6 Å². The molecule has 132 valence electrons. The fourth-order valence-corrected chi connectivity index (χ4v) is 3.01. The van der Waals surface area contributed by atoms with Crippen molar-refractivity contribution < 1.29 is 18.8 Å². The molecule has 1 aliphatic carbocycles. The van der Waals surface area contributed by atoms with Gasteiger partial charge in [0.25, 0.3) is 0 Å². The van der Waals surface area contributed by atoms with Gasteiger partial charge in [-0.05, 0) is 24.5 Å². The minimum Gasteiger partial charge on any atom is -0.497 e. The van der Waals surface area contributed by atoms with Crippen molar-refractivity contribution in [1.29, 1.82) is 0 Å². The molecular formula is C16H22FN3O4. The van der Waals surface area contributed by atoms with E-state index in [1.807, 2.05) is 0 Å². The summed E-state index contributed by atoms with van der Waals surface area (Å²) in [5.74, 6) is -0.597. The van der Waals surface area contributed by atoms with Gasteiger partial charge < -0.3 is 15.8 Å². The molecule has 3 atom stereocenters. The quantitative estimate of drug-likeness (QED) is 0.599. The van der Waals surface area contributed by atoms with Crippen molar-refractivity contribution in [3.05, 3.63) is 39.7 Å². The Bertz CT molecular complexity index is 611. The first-order chi connectivity index (χ1) is 11.4. The fraction of sp³-hybridized carbons (Fsp3) is 0.562. The van der Waals surface area contributed by atoms with E-state index in [1.54, 1.807) is 12.1 Å². The van der Waals surface area contributed by atoms with Crippen molar-refractivity contribution in [2.24, 2.45) is 11.7 Å². The van der Waals surface area contributed by atoms with Crippen LogP contribution in [0.15, 0.2) is 18.2 Å². The summed E-state index contributed by atoms with van der Waals surface area (Å²) in [5, 5.41) is 13.5. The molecule has 24 heavy (non-hydrogen) atoms. The van der Waals surface area contributed by atoms with Crippen LogP contribution >= 0.6 is 0 Å². The third-order valence-corrected chi connectivity index (χ3v) is 4.46. The van der Waals surface area contributed by atoms with Gasteiger partial charge in [-0.15, -0.1) is 0 Å². The van der Waals surface area contributed by atoms with Crippen molar-refractivity contribution in [2.75, 3.05) is 13.7 Å². The third kappa shape index (κ3) is 4.41. The van der Waals surface area contributed by atoms with Crippen molar-refractivity contribution >= 4 is 5.91 Å². The highest BCUT2D eigenvalue weighted by atomic mass is 19.1. The van der Waals surface area contributed by atoms with E-state index in [9.17, 15) is 19.3 Å². The number of halogens is 1. The lowest BCUT2D eigenvalue weighted by Gasteiger charge is -2.29. The zero-order chi connectivity index (χ0) is 17.7. The van der Waals surface area contributed by atoms with Crippen LogP contribution in [0.3, 0.4) is 0 Å². The van der Waals surface area contributed by atoms with Gasteiger partial charge in [0.05, 0.1) is 13.0 Å². The smallest absolute Gasteiger partial charge is 0.224 e. The number of ether oxygens (including phenoxy) is 1. The van der Waals surface area contributed by atoms with Gasteiger partial charge in [-0.3, -0.25) is 14.9 Å². The van der Waals surface area contributed by atoms with E-state index >= 15 is 0 Å². The Balaban J connectivity index is 1.82. The molecule has 1 amide bonds. The summed E-state index contributed by atoms with van der Waals surface area (Å²) in [4.78, 5) is 22.6. The minimum absolute atomic E-state index is 0.207. The van der Waals surface area contributed by atoms with Crippen molar-refractivity contribution in [1.82, 2.24) is 5.32 Å². The highest BCUT2D eigenvalue weighted by Gasteiger charge is 2.37. The van der Waals surface area contributed by atoms with Crippen LogP contribution in [0, 0.1) is 21.8 Å². The minimum atomic E-state index is -0.669. The molecule has 2 rings (SSSR count). The molecule has 0 saturated heterocycles. The number of rotatable bonds is 6. The number of amides is 1. The molecule has 0 bridgehead atoms. The molecule has 1 aromatic carbocycles. The molecule has 0 heterocycles. The molecule has 0 spiro atoms. The van der Waals surface area contributed by atoms with Gasteiger partial charge >= 0.3 is 0 Å². The number of benzene rings is 1. The Kier molecular flexibility index (Phi) is 6.08. The Morgan fingerprint density at radius 1 is 1.50 bits per heavy atom. The topological polar surface area (TPSA) is 107 Å². The van der Waals surface area contributed by atoms with E-state index in [-0.39, 0.29) is 29.6 Å². The molecular weight excluding hydrogens is 317 g/mol. The molecule has 1 saturated carbocycles. The number of nitrogens with zero attached hydrogens (tertiary/aromatic N) is 1. The molecule has 0 aliphatic heterocycles. The molecule has 1 aliphatic rings. The number of carbonyl (C=O) groups is 1. The molecule has 0 radical (unpaired) electrons. The van der Waals surface area contributed by atoms with Crippen molar-refractivity contribution in [2.45, 2.75) is 37.8 Å². The van der Waals surface area contributed by atoms with Gasteiger partial charge in [0.2, 0.25) is 11.9 Å². The Morgan fingerprint density at radius 2 is 2.25 bits per heavy atom. The van der Waals surface area contributed by atoms with E-state index in [2.05, 4.69) is 5.32 Å². The van der Waals surface area contributed by atoms with Crippen molar-refractivity contribution in [3.63, 3.8) is 0 Å². The normalized spacial score (nSPS) is 23.5. The van der Waals surface area contributed by atoms with Crippen LogP contribution in [0.1, 0.15) is 24.8 Å². The monoisotopic (exact) mass is 339 g/mol. The van der Waals surface area contributed by atoms with Gasteiger partial charge in [-0.2, -0.15) is 0 Å². The molecule has 1 fully saturated rings. The lowest BCUT2D eigenvalue weighted by molar-refractivity contribution is -0.527.